The molecule has 0 aromatic heterocycles. The first-order valence-corrected chi connectivity index (χ1v) is 15.9. The first-order chi connectivity index (χ1) is 19.9. The molecule has 0 bridgehead atoms. The van der Waals surface area contributed by atoms with Crippen LogP contribution in [0.5, 0.6) is 0 Å². The van der Waals surface area contributed by atoms with Crippen molar-refractivity contribution >= 4 is 5.97 Å². The molecule has 0 aliphatic carbocycles. The standard InChI is InChI=1S/C35H58O8/c1-19(2)32-25(8)28(36)18-35(40,43-32)27(10)31(38)26(9)33-22(5)14-12-13-20(3)15-23(6)30(37)24(7)16-21(4)17-29(41-11)34(39)42-33/h12-14,16-17,19,22-28,30-33,36-38,40H,15,18H2,1-11H3. The lowest BCUT2D eigenvalue weighted by molar-refractivity contribution is -0.328. The van der Waals surface area contributed by atoms with Gasteiger partial charge in [-0.1, -0.05) is 90.8 Å². The van der Waals surface area contributed by atoms with Crippen LogP contribution in [0.3, 0.4) is 0 Å². The normalized spacial score (nSPS) is 37.5. The van der Waals surface area contributed by atoms with E-state index in [9.17, 15) is 25.2 Å². The van der Waals surface area contributed by atoms with Gasteiger partial charge in [0.2, 0.25) is 5.76 Å². The van der Waals surface area contributed by atoms with Crippen LogP contribution < -0.4 is 0 Å². The number of cyclic esters (lactones) is 1. The smallest absolute Gasteiger partial charge is 0.373 e. The van der Waals surface area contributed by atoms with E-state index in [1.807, 2.05) is 79.7 Å². The molecule has 2 aliphatic heterocycles. The molecule has 12 atom stereocenters. The molecule has 8 nitrogen and oxygen atoms in total. The van der Waals surface area contributed by atoms with Crippen LogP contribution in [0.15, 0.2) is 47.3 Å². The van der Waals surface area contributed by atoms with Gasteiger partial charge in [0.25, 0.3) is 0 Å². The van der Waals surface area contributed by atoms with Gasteiger partial charge in [0.15, 0.2) is 5.79 Å². The Balaban J connectivity index is 2.47. The Labute approximate surface area is 259 Å². The van der Waals surface area contributed by atoms with Crippen LogP contribution in [0.4, 0.5) is 0 Å². The zero-order valence-corrected chi connectivity index (χ0v) is 28.2. The third-order valence-electron chi connectivity index (χ3n) is 9.53. The van der Waals surface area contributed by atoms with Crippen molar-refractivity contribution in [1.29, 1.82) is 0 Å². The lowest BCUT2D eigenvalue weighted by atomic mass is 9.75. The minimum atomic E-state index is -1.76. The summed E-state index contributed by atoms with van der Waals surface area (Å²) in [4.78, 5) is 13.4. The molecule has 2 aliphatic rings. The first-order valence-electron chi connectivity index (χ1n) is 15.9. The van der Waals surface area contributed by atoms with Crippen molar-refractivity contribution in [2.24, 2.45) is 41.4 Å². The van der Waals surface area contributed by atoms with Gasteiger partial charge in [0, 0.05) is 36.0 Å². The maximum Gasteiger partial charge on any atom is 0.373 e. The molecule has 43 heavy (non-hydrogen) atoms. The summed E-state index contributed by atoms with van der Waals surface area (Å²) in [6, 6.07) is 0. The van der Waals surface area contributed by atoms with Crippen LogP contribution in [0.25, 0.3) is 0 Å². The van der Waals surface area contributed by atoms with Crippen LogP contribution in [-0.4, -0.2) is 69.8 Å². The average molecular weight is 607 g/mol. The summed E-state index contributed by atoms with van der Waals surface area (Å²) >= 11 is 0. The number of ether oxygens (including phenoxy) is 3. The Hall–Kier alpha value is -1.97. The monoisotopic (exact) mass is 606 g/mol. The quantitative estimate of drug-likeness (QED) is 0.300. The summed E-state index contributed by atoms with van der Waals surface area (Å²) in [6.45, 7) is 19.1. The van der Waals surface area contributed by atoms with E-state index in [0.29, 0.717) is 0 Å². The molecule has 4 N–H and O–H groups in total. The van der Waals surface area contributed by atoms with E-state index in [0.717, 1.165) is 17.6 Å². The molecule has 2 heterocycles. The molecule has 0 aromatic rings. The highest BCUT2D eigenvalue weighted by Crippen LogP contribution is 2.41. The summed E-state index contributed by atoms with van der Waals surface area (Å²) in [5.74, 6) is -4.38. The highest BCUT2D eigenvalue weighted by atomic mass is 16.6. The van der Waals surface area contributed by atoms with Crippen molar-refractivity contribution in [3.8, 4) is 0 Å². The molecule has 1 fully saturated rings. The fourth-order valence-electron chi connectivity index (χ4n) is 6.61. The van der Waals surface area contributed by atoms with Crippen molar-refractivity contribution < 1.29 is 39.4 Å². The molecule has 0 amide bonds. The van der Waals surface area contributed by atoms with Crippen LogP contribution in [0.1, 0.15) is 82.1 Å². The van der Waals surface area contributed by atoms with Gasteiger partial charge < -0.3 is 34.6 Å². The highest BCUT2D eigenvalue weighted by molar-refractivity contribution is 5.87. The number of allylic oxidation sites excluding steroid dienone is 5. The number of aliphatic hydroxyl groups is 4. The van der Waals surface area contributed by atoms with Gasteiger partial charge in [-0.3, -0.25) is 0 Å². The highest BCUT2D eigenvalue weighted by Gasteiger charge is 2.51. The third kappa shape index (κ3) is 9.51. The van der Waals surface area contributed by atoms with E-state index in [1.165, 1.54) is 7.11 Å². The van der Waals surface area contributed by atoms with E-state index in [1.54, 1.807) is 19.9 Å². The summed E-state index contributed by atoms with van der Waals surface area (Å²) in [7, 11) is 1.40. The molecule has 2 rings (SSSR count). The van der Waals surface area contributed by atoms with Crippen LogP contribution in [0.2, 0.25) is 0 Å². The fraction of sp³-hybridized carbons (Fsp3) is 0.743. The second-order valence-corrected chi connectivity index (χ2v) is 13.7. The Morgan fingerprint density at radius 2 is 1.65 bits per heavy atom. The predicted molar refractivity (Wildman–Crippen MR) is 169 cm³/mol. The average Bonchev–Trinajstić information content (AvgIpc) is 2.93. The van der Waals surface area contributed by atoms with E-state index in [4.69, 9.17) is 14.2 Å². The summed E-state index contributed by atoms with van der Waals surface area (Å²) in [5.41, 5.74) is 1.86. The second-order valence-electron chi connectivity index (χ2n) is 13.7. The number of hydrogen-bond acceptors (Lipinski definition) is 8. The lowest BCUT2D eigenvalue weighted by Gasteiger charge is -2.49. The fourth-order valence-corrected chi connectivity index (χ4v) is 6.61. The number of aliphatic hydroxyl groups excluding tert-OH is 3. The molecule has 0 saturated carbocycles. The predicted octanol–water partition coefficient (Wildman–Crippen LogP) is 5.31. The van der Waals surface area contributed by atoms with E-state index >= 15 is 0 Å². The number of esters is 1. The van der Waals surface area contributed by atoms with Gasteiger partial charge in [-0.2, -0.15) is 0 Å². The summed E-state index contributed by atoms with van der Waals surface area (Å²) in [5, 5.41) is 44.9. The van der Waals surface area contributed by atoms with E-state index < -0.39 is 48.0 Å². The minimum absolute atomic E-state index is 0.00775. The molecule has 0 spiro atoms. The summed E-state index contributed by atoms with van der Waals surface area (Å²) < 4.78 is 17.6. The molecule has 0 radical (unpaired) electrons. The molecule has 1 saturated heterocycles. The molecule has 0 aromatic carbocycles. The van der Waals surface area contributed by atoms with E-state index in [-0.39, 0.29) is 47.9 Å². The van der Waals surface area contributed by atoms with Crippen molar-refractivity contribution in [2.45, 2.75) is 118 Å². The van der Waals surface area contributed by atoms with Crippen molar-refractivity contribution in [3.63, 3.8) is 0 Å². The Morgan fingerprint density at radius 1 is 1.02 bits per heavy atom. The Morgan fingerprint density at radius 3 is 2.23 bits per heavy atom. The van der Waals surface area contributed by atoms with Crippen LogP contribution in [0, 0.1) is 41.4 Å². The third-order valence-corrected chi connectivity index (χ3v) is 9.53. The van der Waals surface area contributed by atoms with Gasteiger partial charge >= 0.3 is 5.97 Å². The van der Waals surface area contributed by atoms with Crippen molar-refractivity contribution in [3.05, 3.63) is 47.3 Å². The van der Waals surface area contributed by atoms with Gasteiger partial charge in [0.1, 0.15) is 6.10 Å². The molecular formula is C35H58O8. The number of hydrogen-bond donors (Lipinski definition) is 4. The number of methoxy groups -OCH3 is 1. The van der Waals surface area contributed by atoms with Gasteiger partial charge in [-0.05, 0) is 38.2 Å². The van der Waals surface area contributed by atoms with Crippen LogP contribution in [-0.2, 0) is 19.0 Å². The topological polar surface area (TPSA) is 126 Å². The van der Waals surface area contributed by atoms with Crippen LogP contribution >= 0.6 is 0 Å². The minimum Gasteiger partial charge on any atom is -0.490 e. The molecule has 8 heteroatoms. The zero-order chi connectivity index (χ0) is 32.8. The maximum absolute atomic E-state index is 13.4. The second kappa shape index (κ2) is 15.8. The van der Waals surface area contributed by atoms with E-state index in [2.05, 4.69) is 0 Å². The number of carbonyl (C=O) groups excluding carboxylic acids is 1. The largest absolute Gasteiger partial charge is 0.490 e. The SMILES string of the molecule is COC1=CC(C)=CC(C)C(O)C(C)CC(C)=CC=CC(C)C(C(C)C(O)C(C)C2(O)CC(O)C(C)C(C(C)C)O2)OC1=O. The number of carbonyl (C=O) groups is 1. The van der Waals surface area contributed by atoms with Gasteiger partial charge in [-0.15, -0.1) is 0 Å². The Bertz CT molecular complexity index is 1040. The van der Waals surface area contributed by atoms with Gasteiger partial charge in [-0.25, -0.2) is 4.79 Å². The molecule has 246 valence electrons. The Kier molecular flexibility index (Phi) is 13.7. The van der Waals surface area contributed by atoms with Crippen molar-refractivity contribution in [2.75, 3.05) is 7.11 Å². The van der Waals surface area contributed by atoms with Crippen molar-refractivity contribution in [1.82, 2.24) is 0 Å². The molecular weight excluding hydrogens is 548 g/mol. The maximum atomic E-state index is 13.4. The van der Waals surface area contributed by atoms with Gasteiger partial charge in [0.05, 0.1) is 31.5 Å². The lowest BCUT2D eigenvalue weighted by Crippen LogP contribution is -2.58. The number of rotatable bonds is 6. The molecule has 12 unspecified atom stereocenters. The first kappa shape index (κ1) is 37.2. The summed E-state index contributed by atoms with van der Waals surface area (Å²) in [6.07, 6.45) is 6.41. The zero-order valence-electron chi connectivity index (χ0n) is 28.2.